The molecule has 18 heavy (non-hydrogen) atoms. The lowest BCUT2D eigenvalue weighted by Gasteiger charge is -2.14. The molecule has 0 bridgehead atoms. The monoisotopic (exact) mass is 251 g/mol. The minimum Gasteiger partial charge on any atom is -0.469 e. The standard InChI is InChI=1S/C12H17N3O3/c1-8-5-15(7-10(8)12(17)18-3)11(16)9-4-13-14(2)6-9/h4,6,8,10H,5,7H2,1-3H3. The highest BCUT2D eigenvalue weighted by Crippen LogP contribution is 2.25. The van der Waals surface area contributed by atoms with Gasteiger partial charge in [-0.2, -0.15) is 5.10 Å². The van der Waals surface area contributed by atoms with Crippen LogP contribution in [0.15, 0.2) is 12.4 Å². The Hall–Kier alpha value is -1.85. The normalized spacial score (nSPS) is 23.2. The summed E-state index contributed by atoms with van der Waals surface area (Å²) in [5.41, 5.74) is 0.551. The number of aromatic nitrogens is 2. The molecule has 2 heterocycles. The summed E-state index contributed by atoms with van der Waals surface area (Å²) in [6, 6.07) is 0. The molecular weight excluding hydrogens is 234 g/mol. The van der Waals surface area contributed by atoms with Gasteiger partial charge < -0.3 is 9.64 Å². The summed E-state index contributed by atoms with van der Waals surface area (Å²) in [6.07, 6.45) is 3.22. The third-order valence-electron chi connectivity index (χ3n) is 3.36. The van der Waals surface area contributed by atoms with E-state index in [0.29, 0.717) is 18.7 Å². The summed E-state index contributed by atoms with van der Waals surface area (Å²) >= 11 is 0. The maximum Gasteiger partial charge on any atom is 0.310 e. The molecular formula is C12H17N3O3. The summed E-state index contributed by atoms with van der Waals surface area (Å²) in [4.78, 5) is 25.4. The van der Waals surface area contributed by atoms with Crippen molar-refractivity contribution in [1.82, 2.24) is 14.7 Å². The molecule has 1 saturated heterocycles. The Kier molecular flexibility index (Phi) is 3.36. The van der Waals surface area contributed by atoms with E-state index in [0.717, 1.165) is 0 Å². The maximum absolute atomic E-state index is 12.2. The van der Waals surface area contributed by atoms with Crippen LogP contribution in [0.2, 0.25) is 0 Å². The van der Waals surface area contributed by atoms with Crippen molar-refractivity contribution in [1.29, 1.82) is 0 Å². The van der Waals surface area contributed by atoms with E-state index in [2.05, 4.69) is 5.10 Å². The molecule has 1 aromatic heterocycles. The van der Waals surface area contributed by atoms with Gasteiger partial charge in [-0.25, -0.2) is 0 Å². The third-order valence-corrected chi connectivity index (χ3v) is 3.36. The second-order valence-electron chi connectivity index (χ2n) is 4.72. The molecule has 0 aromatic carbocycles. The van der Waals surface area contributed by atoms with E-state index in [1.807, 2.05) is 6.92 Å². The van der Waals surface area contributed by atoms with E-state index in [1.165, 1.54) is 7.11 Å². The number of hydrogen-bond donors (Lipinski definition) is 0. The smallest absolute Gasteiger partial charge is 0.310 e. The fraction of sp³-hybridized carbons (Fsp3) is 0.583. The fourth-order valence-corrected chi connectivity index (χ4v) is 2.31. The Bertz CT molecular complexity index is 469. The first-order chi connectivity index (χ1) is 8.52. The molecule has 6 heteroatoms. The number of ether oxygens (including phenoxy) is 1. The number of likely N-dealkylation sites (tertiary alicyclic amines) is 1. The van der Waals surface area contributed by atoms with Gasteiger partial charge >= 0.3 is 5.97 Å². The first-order valence-corrected chi connectivity index (χ1v) is 5.88. The maximum atomic E-state index is 12.2. The SMILES string of the molecule is COC(=O)C1CN(C(=O)c2cnn(C)c2)CC1C. The van der Waals surface area contributed by atoms with Crippen molar-refractivity contribution < 1.29 is 14.3 Å². The largest absolute Gasteiger partial charge is 0.469 e. The van der Waals surface area contributed by atoms with Gasteiger partial charge in [-0.3, -0.25) is 14.3 Å². The molecule has 6 nitrogen and oxygen atoms in total. The Morgan fingerprint density at radius 3 is 2.72 bits per heavy atom. The zero-order chi connectivity index (χ0) is 13.3. The number of aryl methyl sites for hydroxylation is 1. The van der Waals surface area contributed by atoms with Crippen LogP contribution >= 0.6 is 0 Å². The van der Waals surface area contributed by atoms with Crippen LogP contribution in [0.5, 0.6) is 0 Å². The van der Waals surface area contributed by atoms with Gasteiger partial charge in [0, 0.05) is 26.3 Å². The molecule has 1 fully saturated rings. The van der Waals surface area contributed by atoms with Crippen LogP contribution in [0.25, 0.3) is 0 Å². The van der Waals surface area contributed by atoms with E-state index in [4.69, 9.17) is 4.74 Å². The second kappa shape index (κ2) is 4.80. The number of esters is 1. The average Bonchev–Trinajstić information content (AvgIpc) is 2.94. The van der Waals surface area contributed by atoms with Crippen molar-refractivity contribution >= 4 is 11.9 Å². The van der Waals surface area contributed by atoms with Gasteiger partial charge in [0.25, 0.3) is 5.91 Å². The van der Waals surface area contributed by atoms with E-state index in [-0.39, 0.29) is 23.7 Å². The van der Waals surface area contributed by atoms with Crippen molar-refractivity contribution in [3.8, 4) is 0 Å². The van der Waals surface area contributed by atoms with Gasteiger partial charge in [-0.15, -0.1) is 0 Å². The molecule has 98 valence electrons. The summed E-state index contributed by atoms with van der Waals surface area (Å²) in [7, 11) is 3.14. The number of methoxy groups -OCH3 is 1. The minimum atomic E-state index is -0.246. The zero-order valence-electron chi connectivity index (χ0n) is 10.8. The van der Waals surface area contributed by atoms with Gasteiger partial charge in [0.05, 0.1) is 24.8 Å². The van der Waals surface area contributed by atoms with Gasteiger partial charge in [0.2, 0.25) is 0 Å². The minimum absolute atomic E-state index is 0.0821. The molecule has 0 spiro atoms. The first-order valence-electron chi connectivity index (χ1n) is 5.88. The van der Waals surface area contributed by atoms with Crippen LogP contribution in [0, 0.1) is 11.8 Å². The van der Waals surface area contributed by atoms with E-state index >= 15 is 0 Å². The van der Waals surface area contributed by atoms with E-state index in [9.17, 15) is 9.59 Å². The van der Waals surface area contributed by atoms with Gasteiger partial charge in [0.15, 0.2) is 0 Å². The molecule has 0 saturated carbocycles. The van der Waals surface area contributed by atoms with Crippen LogP contribution in [0.4, 0.5) is 0 Å². The van der Waals surface area contributed by atoms with Crippen LogP contribution in [0.3, 0.4) is 0 Å². The molecule has 2 unspecified atom stereocenters. The molecule has 0 N–H and O–H groups in total. The Labute approximate surface area is 106 Å². The molecule has 1 aliphatic heterocycles. The quantitative estimate of drug-likeness (QED) is 0.709. The highest BCUT2D eigenvalue weighted by molar-refractivity contribution is 5.94. The van der Waals surface area contributed by atoms with Gasteiger partial charge in [0.1, 0.15) is 0 Å². The molecule has 2 rings (SSSR count). The lowest BCUT2D eigenvalue weighted by molar-refractivity contribution is -0.146. The Morgan fingerprint density at radius 1 is 1.44 bits per heavy atom. The third kappa shape index (κ3) is 2.23. The summed E-state index contributed by atoms with van der Waals surface area (Å²) < 4.78 is 6.34. The second-order valence-corrected chi connectivity index (χ2v) is 4.72. The van der Waals surface area contributed by atoms with Crippen molar-refractivity contribution in [2.75, 3.05) is 20.2 Å². The molecule has 0 radical (unpaired) electrons. The number of amides is 1. The lowest BCUT2D eigenvalue weighted by atomic mass is 9.99. The molecule has 2 atom stereocenters. The van der Waals surface area contributed by atoms with Crippen molar-refractivity contribution in [3.63, 3.8) is 0 Å². The van der Waals surface area contributed by atoms with Crippen molar-refractivity contribution in [2.45, 2.75) is 6.92 Å². The summed E-state index contributed by atoms with van der Waals surface area (Å²) in [5.74, 6) is -0.431. The summed E-state index contributed by atoms with van der Waals surface area (Å²) in [5, 5.41) is 3.98. The Balaban J connectivity index is 2.08. The van der Waals surface area contributed by atoms with E-state index < -0.39 is 0 Å². The van der Waals surface area contributed by atoms with Crippen LogP contribution < -0.4 is 0 Å². The molecule has 1 amide bonds. The molecule has 1 aliphatic rings. The van der Waals surface area contributed by atoms with Gasteiger partial charge in [-0.1, -0.05) is 6.92 Å². The number of carbonyl (C=O) groups excluding carboxylic acids is 2. The number of rotatable bonds is 2. The highest BCUT2D eigenvalue weighted by Gasteiger charge is 2.38. The zero-order valence-corrected chi connectivity index (χ0v) is 10.8. The average molecular weight is 251 g/mol. The van der Waals surface area contributed by atoms with Crippen molar-refractivity contribution in [3.05, 3.63) is 18.0 Å². The molecule has 0 aliphatic carbocycles. The fourth-order valence-electron chi connectivity index (χ4n) is 2.31. The number of nitrogens with zero attached hydrogens (tertiary/aromatic N) is 3. The molecule has 1 aromatic rings. The van der Waals surface area contributed by atoms with Crippen LogP contribution in [-0.2, 0) is 16.6 Å². The van der Waals surface area contributed by atoms with Gasteiger partial charge in [-0.05, 0) is 5.92 Å². The highest BCUT2D eigenvalue weighted by atomic mass is 16.5. The van der Waals surface area contributed by atoms with E-state index in [1.54, 1.807) is 29.0 Å². The first kappa shape index (κ1) is 12.6. The number of hydrogen-bond acceptors (Lipinski definition) is 4. The predicted octanol–water partition coefficient (Wildman–Crippen LogP) is 0.301. The lowest BCUT2D eigenvalue weighted by Crippen LogP contribution is -2.30. The van der Waals surface area contributed by atoms with Crippen molar-refractivity contribution in [2.24, 2.45) is 18.9 Å². The number of carbonyl (C=O) groups is 2. The van der Waals surface area contributed by atoms with Crippen LogP contribution in [0.1, 0.15) is 17.3 Å². The predicted molar refractivity (Wildman–Crippen MR) is 63.8 cm³/mol. The topological polar surface area (TPSA) is 64.4 Å². The Morgan fingerprint density at radius 2 is 2.17 bits per heavy atom. The van der Waals surface area contributed by atoms with Crippen LogP contribution in [-0.4, -0.2) is 46.8 Å². The summed E-state index contributed by atoms with van der Waals surface area (Å²) in [6.45, 7) is 2.95.